The number of amides is 3. The molecule has 4 heterocycles. The summed E-state index contributed by atoms with van der Waals surface area (Å²) in [4.78, 5) is 61.3. The number of aliphatic hydroxyl groups excluding tert-OH is 1. The van der Waals surface area contributed by atoms with Crippen molar-refractivity contribution in [2.24, 2.45) is 17.8 Å². The highest BCUT2D eigenvalue weighted by Crippen LogP contribution is 2.59. The molecule has 5 aliphatic rings. The fourth-order valence-corrected chi connectivity index (χ4v) is 9.54. The van der Waals surface area contributed by atoms with E-state index in [4.69, 9.17) is 14.2 Å². The van der Waals surface area contributed by atoms with Crippen molar-refractivity contribution < 1.29 is 38.5 Å². The molecule has 50 heavy (non-hydrogen) atoms. The molecule has 4 aliphatic heterocycles. The Morgan fingerprint density at radius 3 is 2.46 bits per heavy atom. The summed E-state index contributed by atoms with van der Waals surface area (Å²) in [6, 6.07) is 6.64. The summed E-state index contributed by atoms with van der Waals surface area (Å²) in [6.45, 7) is 4.07. The summed E-state index contributed by atoms with van der Waals surface area (Å²) in [5.74, 6) is -3.56. The van der Waals surface area contributed by atoms with Gasteiger partial charge in [0.15, 0.2) is 0 Å². The highest BCUT2D eigenvalue weighted by Gasteiger charge is 2.75. The van der Waals surface area contributed by atoms with Crippen molar-refractivity contribution in [3.63, 3.8) is 0 Å². The van der Waals surface area contributed by atoms with E-state index in [0.29, 0.717) is 29.4 Å². The average molecular weight is 757 g/mol. The number of allylic oxidation sites excluding steroid dienone is 1. The van der Waals surface area contributed by atoms with E-state index in [0.717, 1.165) is 32.1 Å². The van der Waals surface area contributed by atoms with Crippen molar-refractivity contribution in [3.05, 3.63) is 58.6 Å². The van der Waals surface area contributed by atoms with Gasteiger partial charge in [-0.25, -0.2) is 0 Å². The van der Waals surface area contributed by atoms with E-state index in [1.165, 1.54) is 12.0 Å². The van der Waals surface area contributed by atoms with Gasteiger partial charge in [-0.1, -0.05) is 91.5 Å². The van der Waals surface area contributed by atoms with Crippen LogP contribution in [0.25, 0.3) is 0 Å². The monoisotopic (exact) mass is 755 g/mol. The van der Waals surface area contributed by atoms with E-state index < -0.39 is 59.6 Å². The Morgan fingerprint density at radius 1 is 1.04 bits per heavy atom. The lowest BCUT2D eigenvalue weighted by molar-refractivity contribution is -0.163. The molecule has 1 aliphatic carbocycles. The van der Waals surface area contributed by atoms with Crippen LogP contribution in [0.4, 0.5) is 0 Å². The largest absolute Gasteiger partial charge is 0.455 e. The van der Waals surface area contributed by atoms with E-state index in [2.05, 4.69) is 21.2 Å². The number of aliphatic hydroxyl groups is 1. The van der Waals surface area contributed by atoms with Crippen LogP contribution in [0.1, 0.15) is 76.9 Å². The molecule has 12 heteroatoms. The van der Waals surface area contributed by atoms with Crippen LogP contribution < -0.4 is 5.32 Å². The second-order valence-electron chi connectivity index (χ2n) is 14.7. The van der Waals surface area contributed by atoms with Gasteiger partial charge < -0.3 is 34.4 Å². The average Bonchev–Trinajstić information content (AvgIpc) is 3.70. The van der Waals surface area contributed by atoms with Crippen LogP contribution >= 0.6 is 15.9 Å². The number of esters is 1. The molecule has 2 saturated heterocycles. The molecule has 0 unspecified atom stereocenters. The first-order valence-corrected chi connectivity index (χ1v) is 18.9. The number of halogens is 1. The Bertz CT molecular complexity index is 1480. The van der Waals surface area contributed by atoms with Crippen molar-refractivity contribution in [2.45, 2.75) is 107 Å². The molecule has 1 saturated carbocycles. The number of nitrogens with zero attached hydrogens (tertiary/aromatic N) is 2. The van der Waals surface area contributed by atoms with Gasteiger partial charge in [0.2, 0.25) is 17.7 Å². The standard InChI is InChI=1S/C38H50BrN3O8/c1-23(2)19-26(21-43)42-34-36(46)41(25-15-9-5-10-16-25)18-12-6-11-17-29(44)40-28(22-48-3)32(24-13-7-4-8-14-24)49-37(47)30-31(35(42)45)38(34)20-27(39)33(30)50-38/h4,6-8,12-14,20,23,25-26,28,30-34,43H,5,9-11,15-19,21-22H2,1-3H3,(H,40,44)/b12-6-/t26-,28-,30+,31-,32-,33+,34+,38-/m1/s1. The van der Waals surface area contributed by atoms with Gasteiger partial charge in [-0.05, 0) is 43.2 Å². The molecule has 1 aromatic rings. The summed E-state index contributed by atoms with van der Waals surface area (Å²) in [5.41, 5.74) is -0.791. The van der Waals surface area contributed by atoms with Crippen molar-refractivity contribution in [1.82, 2.24) is 15.1 Å². The van der Waals surface area contributed by atoms with Gasteiger partial charge in [-0.3, -0.25) is 19.2 Å². The Morgan fingerprint density at radius 2 is 1.78 bits per heavy atom. The topological polar surface area (TPSA) is 135 Å². The van der Waals surface area contributed by atoms with Crippen LogP contribution in [0.3, 0.4) is 0 Å². The molecule has 1 aromatic carbocycles. The number of methoxy groups -OCH3 is 1. The third-order valence-corrected chi connectivity index (χ3v) is 11.6. The molecule has 2 N–H and O–H groups in total. The number of likely N-dealkylation sites (tertiary alicyclic amines) is 1. The maximum absolute atomic E-state index is 15.2. The quantitative estimate of drug-likeness (QED) is 0.298. The molecule has 11 nitrogen and oxygen atoms in total. The van der Waals surface area contributed by atoms with Crippen LogP contribution in [-0.4, -0.2) is 101 Å². The number of rotatable bonds is 8. The zero-order chi connectivity index (χ0) is 35.6. The molecule has 0 aromatic heterocycles. The number of cyclic esters (lactones) is 1. The summed E-state index contributed by atoms with van der Waals surface area (Å²) < 4.78 is 19.2. The molecular formula is C38H50BrN3O8. The maximum Gasteiger partial charge on any atom is 0.313 e. The number of hydrogen-bond acceptors (Lipinski definition) is 8. The predicted octanol–water partition coefficient (Wildman–Crippen LogP) is 4.19. The summed E-state index contributed by atoms with van der Waals surface area (Å²) in [7, 11) is 1.52. The van der Waals surface area contributed by atoms with Gasteiger partial charge in [0.05, 0.1) is 31.2 Å². The van der Waals surface area contributed by atoms with Gasteiger partial charge in [-0.15, -0.1) is 0 Å². The summed E-state index contributed by atoms with van der Waals surface area (Å²) in [5, 5.41) is 13.8. The van der Waals surface area contributed by atoms with Crippen LogP contribution in [0, 0.1) is 17.8 Å². The van der Waals surface area contributed by atoms with E-state index >= 15 is 4.79 Å². The second-order valence-corrected chi connectivity index (χ2v) is 15.6. The fourth-order valence-electron chi connectivity index (χ4n) is 8.80. The molecule has 272 valence electrons. The third-order valence-electron chi connectivity index (χ3n) is 11.0. The Balaban J connectivity index is 1.48. The van der Waals surface area contributed by atoms with Crippen LogP contribution in [0.2, 0.25) is 0 Å². The number of nitrogens with one attached hydrogen (secondary N) is 1. The fraction of sp³-hybridized carbons (Fsp3) is 0.632. The van der Waals surface area contributed by atoms with E-state index in [1.54, 1.807) is 0 Å². The molecule has 3 amide bonds. The minimum absolute atomic E-state index is 0.0374. The minimum Gasteiger partial charge on any atom is -0.455 e. The number of carbonyl (C=O) groups excluding carboxylic acids is 4. The zero-order valence-corrected chi connectivity index (χ0v) is 30.8. The zero-order valence-electron chi connectivity index (χ0n) is 29.2. The molecule has 6 rings (SSSR count). The van der Waals surface area contributed by atoms with Gasteiger partial charge in [0, 0.05) is 30.6 Å². The maximum atomic E-state index is 15.2. The third kappa shape index (κ3) is 6.92. The van der Waals surface area contributed by atoms with Crippen LogP contribution in [-0.2, 0) is 33.4 Å². The summed E-state index contributed by atoms with van der Waals surface area (Å²) in [6.07, 6.45) is 9.75. The van der Waals surface area contributed by atoms with Crippen molar-refractivity contribution in [1.29, 1.82) is 0 Å². The minimum atomic E-state index is -1.45. The highest BCUT2D eigenvalue weighted by molar-refractivity contribution is 9.11. The smallest absolute Gasteiger partial charge is 0.313 e. The number of carbonyl (C=O) groups is 4. The highest BCUT2D eigenvalue weighted by atomic mass is 79.9. The number of fused-ring (bicyclic) bond motifs is 2. The van der Waals surface area contributed by atoms with Crippen molar-refractivity contribution in [2.75, 3.05) is 26.9 Å². The number of benzene rings is 1. The second kappa shape index (κ2) is 15.7. The van der Waals surface area contributed by atoms with Gasteiger partial charge in [0.25, 0.3) is 0 Å². The molecular weight excluding hydrogens is 706 g/mol. The van der Waals surface area contributed by atoms with Crippen LogP contribution in [0.15, 0.2) is 53.0 Å². The summed E-state index contributed by atoms with van der Waals surface area (Å²) >= 11 is 3.64. The Kier molecular flexibility index (Phi) is 11.5. The molecule has 1 spiro atoms. The van der Waals surface area contributed by atoms with Gasteiger partial charge in [-0.2, -0.15) is 0 Å². The lowest BCUT2D eigenvalue weighted by atomic mass is 9.74. The molecule has 8 atom stereocenters. The SMILES string of the molecule is COC[C@H]1NC(=O)CC/C=C\CN(C2CCCCC2)C(=O)[C@@H]2N([C@@H](CO)CC(C)C)C(=O)[C@H]3[C@H](C(=O)O[C@@H]1c1ccccc1)[C@H]1O[C@@]23C=C1Br. The Labute approximate surface area is 302 Å². The number of ether oxygens (including phenoxy) is 3. The van der Waals surface area contributed by atoms with E-state index in [9.17, 15) is 19.5 Å². The predicted molar refractivity (Wildman–Crippen MR) is 189 cm³/mol. The first-order chi connectivity index (χ1) is 24.1. The molecule has 5 bridgehead atoms. The Hall–Kier alpha value is -3.06. The first-order valence-electron chi connectivity index (χ1n) is 18.1. The molecule has 0 radical (unpaired) electrons. The van der Waals surface area contributed by atoms with Gasteiger partial charge in [0.1, 0.15) is 29.8 Å². The van der Waals surface area contributed by atoms with Crippen molar-refractivity contribution in [3.8, 4) is 0 Å². The van der Waals surface area contributed by atoms with E-state index in [1.807, 2.05) is 67.3 Å². The normalized spacial score (nSPS) is 33.7. The first kappa shape index (κ1) is 36.7. The lowest BCUT2D eigenvalue weighted by Crippen LogP contribution is -2.60. The van der Waals surface area contributed by atoms with Gasteiger partial charge >= 0.3 is 5.97 Å². The van der Waals surface area contributed by atoms with E-state index in [-0.39, 0.29) is 43.4 Å². The number of hydrogen-bond donors (Lipinski definition) is 2. The molecule has 3 fully saturated rings. The lowest BCUT2D eigenvalue weighted by Gasteiger charge is -2.42. The van der Waals surface area contributed by atoms with Crippen molar-refractivity contribution >= 4 is 39.6 Å². The van der Waals surface area contributed by atoms with Crippen LogP contribution in [0.5, 0.6) is 0 Å².